The average molecular weight is 185 g/mol. The van der Waals surface area contributed by atoms with Crippen molar-refractivity contribution < 1.29 is 0 Å². The highest BCUT2D eigenvalue weighted by molar-refractivity contribution is 4.96. The van der Waals surface area contributed by atoms with Crippen molar-refractivity contribution in [2.75, 3.05) is 47.3 Å². The van der Waals surface area contributed by atoms with E-state index in [-0.39, 0.29) is 0 Å². The largest absolute Gasteiger partial charge is 0.319 e. The molecule has 2 N–H and O–H groups in total. The zero-order valence-corrected chi connectivity index (χ0v) is 9.19. The third kappa shape index (κ3) is 4.07. The van der Waals surface area contributed by atoms with Gasteiger partial charge in [-0.3, -0.25) is 0 Å². The summed E-state index contributed by atoms with van der Waals surface area (Å²) in [6.45, 7) is 4.59. The van der Waals surface area contributed by atoms with E-state index in [1.54, 1.807) is 0 Å². The molecule has 1 saturated carbocycles. The van der Waals surface area contributed by atoms with Gasteiger partial charge in [0.05, 0.1) is 0 Å². The van der Waals surface area contributed by atoms with Crippen LogP contribution in [0.25, 0.3) is 0 Å². The predicted octanol–water partition coefficient (Wildman–Crippen LogP) is 0.137. The minimum absolute atomic E-state index is 0.598. The van der Waals surface area contributed by atoms with Crippen LogP contribution in [0.4, 0.5) is 0 Å². The Morgan fingerprint density at radius 2 is 1.92 bits per heavy atom. The van der Waals surface area contributed by atoms with Gasteiger partial charge in [-0.15, -0.1) is 0 Å². The standard InChI is InChI=1S/C10H23N3/c1-11-8-10(4-5-10)9-12-6-7-13(2)3/h11-12H,4-9H2,1-3H3. The summed E-state index contributed by atoms with van der Waals surface area (Å²) in [6, 6.07) is 0. The smallest absolute Gasteiger partial charge is 0.0101 e. The van der Waals surface area contributed by atoms with Crippen LogP contribution in [0.5, 0.6) is 0 Å². The Labute approximate surface area is 81.9 Å². The molecule has 0 heterocycles. The van der Waals surface area contributed by atoms with E-state index in [9.17, 15) is 0 Å². The number of hydrogen-bond acceptors (Lipinski definition) is 3. The lowest BCUT2D eigenvalue weighted by atomic mass is 10.1. The number of hydrogen-bond donors (Lipinski definition) is 2. The predicted molar refractivity (Wildman–Crippen MR) is 57.0 cm³/mol. The fraction of sp³-hybridized carbons (Fsp3) is 1.00. The summed E-state index contributed by atoms with van der Waals surface area (Å²) in [4.78, 5) is 2.21. The molecule has 3 heteroatoms. The summed E-state index contributed by atoms with van der Waals surface area (Å²) >= 11 is 0. The molecule has 13 heavy (non-hydrogen) atoms. The van der Waals surface area contributed by atoms with Gasteiger partial charge in [-0.25, -0.2) is 0 Å². The summed E-state index contributed by atoms with van der Waals surface area (Å²) < 4.78 is 0. The summed E-state index contributed by atoms with van der Waals surface area (Å²) in [5.41, 5.74) is 0.598. The molecule has 1 rings (SSSR count). The van der Waals surface area contributed by atoms with Crippen LogP contribution in [0.15, 0.2) is 0 Å². The second-order valence-corrected chi connectivity index (χ2v) is 4.51. The van der Waals surface area contributed by atoms with E-state index in [0.717, 1.165) is 13.1 Å². The molecule has 0 bridgehead atoms. The summed E-state index contributed by atoms with van der Waals surface area (Å²) in [7, 11) is 6.27. The van der Waals surface area contributed by atoms with Crippen molar-refractivity contribution in [3.63, 3.8) is 0 Å². The van der Waals surface area contributed by atoms with Crippen molar-refractivity contribution in [3.8, 4) is 0 Å². The third-order valence-electron chi connectivity index (χ3n) is 2.74. The molecule has 0 amide bonds. The van der Waals surface area contributed by atoms with Gasteiger partial charge in [0.15, 0.2) is 0 Å². The van der Waals surface area contributed by atoms with Crippen LogP contribution in [0.3, 0.4) is 0 Å². The van der Waals surface area contributed by atoms with Crippen LogP contribution in [0.1, 0.15) is 12.8 Å². The number of likely N-dealkylation sites (N-methyl/N-ethyl adjacent to an activating group) is 1. The molecule has 0 aromatic rings. The number of rotatable bonds is 7. The first-order valence-electron chi connectivity index (χ1n) is 5.19. The molecular formula is C10H23N3. The Kier molecular flexibility index (Phi) is 4.16. The highest BCUT2D eigenvalue weighted by Gasteiger charge is 2.41. The van der Waals surface area contributed by atoms with Crippen LogP contribution in [0, 0.1) is 5.41 Å². The lowest BCUT2D eigenvalue weighted by molar-refractivity contribution is 0.376. The van der Waals surface area contributed by atoms with Crippen LogP contribution in [-0.4, -0.2) is 52.2 Å². The maximum absolute atomic E-state index is 3.52. The van der Waals surface area contributed by atoms with Gasteiger partial charge < -0.3 is 15.5 Å². The summed E-state index contributed by atoms with van der Waals surface area (Å²) in [5, 5.41) is 6.79. The third-order valence-corrected chi connectivity index (χ3v) is 2.74. The molecule has 0 aromatic heterocycles. The van der Waals surface area contributed by atoms with Crippen LogP contribution in [-0.2, 0) is 0 Å². The van der Waals surface area contributed by atoms with E-state index in [2.05, 4.69) is 29.6 Å². The second kappa shape index (κ2) is 4.94. The molecule has 0 unspecified atom stereocenters. The van der Waals surface area contributed by atoms with E-state index in [1.165, 1.54) is 25.9 Å². The second-order valence-electron chi connectivity index (χ2n) is 4.51. The molecular weight excluding hydrogens is 162 g/mol. The molecule has 0 aliphatic heterocycles. The average Bonchev–Trinajstić information content (AvgIpc) is 2.80. The fourth-order valence-electron chi connectivity index (χ4n) is 1.62. The van der Waals surface area contributed by atoms with Crippen LogP contribution in [0.2, 0.25) is 0 Å². The highest BCUT2D eigenvalue weighted by Crippen LogP contribution is 2.44. The topological polar surface area (TPSA) is 27.3 Å². The first-order valence-corrected chi connectivity index (χ1v) is 5.19. The molecule has 1 aliphatic rings. The molecule has 0 radical (unpaired) electrons. The van der Waals surface area contributed by atoms with Crippen molar-refractivity contribution in [1.29, 1.82) is 0 Å². The van der Waals surface area contributed by atoms with Gasteiger partial charge in [0.2, 0.25) is 0 Å². The molecule has 0 atom stereocenters. The zero-order chi connectivity index (χ0) is 9.73. The molecule has 1 fully saturated rings. The monoisotopic (exact) mass is 185 g/mol. The molecule has 1 aliphatic carbocycles. The maximum atomic E-state index is 3.52. The minimum atomic E-state index is 0.598. The molecule has 3 nitrogen and oxygen atoms in total. The summed E-state index contributed by atoms with van der Waals surface area (Å²) in [5.74, 6) is 0. The van der Waals surface area contributed by atoms with Crippen molar-refractivity contribution >= 4 is 0 Å². The highest BCUT2D eigenvalue weighted by atomic mass is 15.1. The molecule has 0 aromatic carbocycles. The first-order chi connectivity index (χ1) is 6.18. The minimum Gasteiger partial charge on any atom is -0.319 e. The number of nitrogens with zero attached hydrogens (tertiary/aromatic N) is 1. The van der Waals surface area contributed by atoms with Crippen molar-refractivity contribution in [1.82, 2.24) is 15.5 Å². The Morgan fingerprint density at radius 1 is 1.23 bits per heavy atom. The van der Waals surface area contributed by atoms with E-state index in [4.69, 9.17) is 0 Å². The van der Waals surface area contributed by atoms with Crippen LogP contribution < -0.4 is 10.6 Å². The van der Waals surface area contributed by atoms with E-state index in [1.807, 2.05) is 7.05 Å². The Bertz CT molecular complexity index is 141. The molecule has 0 saturated heterocycles. The zero-order valence-electron chi connectivity index (χ0n) is 9.19. The van der Waals surface area contributed by atoms with E-state index >= 15 is 0 Å². The van der Waals surface area contributed by atoms with Crippen molar-refractivity contribution in [3.05, 3.63) is 0 Å². The molecule has 0 spiro atoms. The van der Waals surface area contributed by atoms with Gasteiger partial charge >= 0.3 is 0 Å². The Morgan fingerprint density at radius 3 is 2.38 bits per heavy atom. The summed E-state index contributed by atoms with van der Waals surface area (Å²) in [6.07, 6.45) is 2.78. The van der Waals surface area contributed by atoms with Crippen molar-refractivity contribution in [2.45, 2.75) is 12.8 Å². The normalized spacial score (nSPS) is 19.4. The SMILES string of the molecule is CNCC1(CNCCN(C)C)CC1. The van der Waals surface area contributed by atoms with Crippen LogP contribution >= 0.6 is 0 Å². The number of nitrogens with one attached hydrogen (secondary N) is 2. The molecule has 78 valence electrons. The van der Waals surface area contributed by atoms with Crippen molar-refractivity contribution in [2.24, 2.45) is 5.41 Å². The van der Waals surface area contributed by atoms with E-state index in [0.29, 0.717) is 5.41 Å². The van der Waals surface area contributed by atoms with Gasteiger partial charge in [-0.1, -0.05) is 0 Å². The lowest BCUT2D eigenvalue weighted by Crippen LogP contribution is -2.34. The Balaban J connectivity index is 1.99. The first kappa shape index (κ1) is 11.0. The maximum Gasteiger partial charge on any atom is 0.0101 e. The van der Waals surface area contributed by atoms with Gasteiger partial charge in [0.1, 0.15) is 0 Å². The van der Waals surface area contributed by atoms with Gasteiger partial charge in [0.25, 0.3) is 0 Å². The van der Waals surface area contributed by atoms with Gasteiger partial charge in [-0.05, 0) is 39.4 Å². The quantitative estimate of drug-likeness (QED) is 0.552. The van der Waals surface area contributed by atoms with E-state index < -0.39 is 0 Å². The van der Waals surface area contributed by atoms with Gasteiger partial charge in [0, 0.05) is 26.2 Å². The lowest BCUT2D eigenvalue weighted by Gasteiger charge is -2.16. The van der Waals surface area contributed by atoms with Gasteiger partial charge in [-0.2, -0.15) is 0 Å². The Hall–Kier alpha value is -0.120. The fourth-order valence-corrected chi connectivity index (χ4v) is 1.62.